The molecule has 0 saturated carbocycles. The maximum atomic E-state index is 13.1. The minimum Gasteiger partial charge on any atom is -0.462 e. The van der Waals surface area contributed by atoms with Crippen LogP contribution in [0.4, 0.5) is 0 Å². The summed E-state index contributed by atoms with van der Waals surface area (Å²) >= 11 is 0. The van der Waals surface area contributed by atoms with E-state index in [2.05, 4.69) is 88.5 Å². The molecular formula is C83H150O17P2. The molecule has 0 aliphatic heterocycles. The number of phosphoric ester groups is 2. The Morgan fingerprint density at radius 2 is 0.490 bits per heavy atom. The Kier molecular flexibility index (Phi) is 73.1. The molecule has 2 unspecified atom stereocenters. The van der Waals surface area contributed by atoms with Crippen LogP contribution in [-0.4, -0.2) is 96.7 Å². The van der Waals surface area contributed by atoms with Crippen molar-refractivity contribution in [2.24, 2.45) is 0 Å². The van der Waals surface area contributed by atoms with E-state index < -0.39 is 97.5 Å². The van der Waals surface area contributed by atoms with Crippen molar-refractivity contribution in [2.45, 2.75) is 393 Å². The van der Waals surface area contributed by atoms with Gasteiger partial charge in [0.05, 0.1) is 26.4 Å². The second-order valence-corrected chi connectivity index (χ2v) is 30.6. The van der Waals surface area contributed by atoms with Gasteiger partial charge in [-0.25, -0.2) is 9.13 Å². The molecule has 3 N–H and O–H groups in total. The summed E-state index contributed by atoms with van der Waals surface area (Å²) in [4.78, 5) is 73.0. The van der Waals surface area contributed by atoms with Gasteiger partial charge in [-0.2, -0.15) is 0 Å². The predicted molar refractivity (Wildman–Crippen MR) is 418 cm³/mol. The molecule has 0 aromatic carbocycles. The van der Waals surface area contributed by atoms with E-state index in [0.717, 1.165) is 116 Å². The summed E-state index contributed by atoms with van der Waals surface area (Å²) in [5, 5.41) is 10.6. The fourth-order valence-corrected chi connectivity index (χ4v) is 12.9. The van der Waals surface area contributed by atoms with Crippen LogP contribution in [0.5, 0.6) is 0 Å². The Labute approximate surface area is 622 Å². The van der Waals surface area contributed by atoms with Gasteiger partial charge in [0.2, 0.25) is 0 Å². The summed E-state index contributed by atoms with van der Waals surface area (Å²) < 4.78 is 68.6. The molecule has 0 bridgehead atoms. The molecule has 19 heteroatoms. The number of hydrogen-bond donors (Lipinski definition) is 3. The van der Waals surface area contributed by atoms with Crippen LogP contribution in [0, 0.1) is 0 Å². The largest absolute Gasteiger partial charge is 0.472 e. The summed E-state index contributed by atoms with van der Waals surface area (Å²) in [5.74, 6) is -2.22. The molecule has 102 heavy (non-hydrogen) atoms. The van der Waals surface area contributed by atoms with E-state index in [1.54, 1.807) is 0 Å². The fourth-order valence-electron chi connectivity index (χ4n) is 11.4. The molecule has 0 heterocycles. The van der Waals surface area contributed by atoms with E-state index in [1.807, 2.05) is 12.2 Å². The maximum absolute atomic E-state index is 13.1. The first-order valence-corrected chi connectivity index (χ1v) is 44.2. The minimum atomic E-state index is -4.99. The predicted octanol–water partition coefficient (Wildman–Crippen LogP) is 24.0. The van der Waals surface area contributed by atoms with Gasteiger partial charge in [0.1, 0.15) is 19.3 Å². The topological polar surface area (TPSA) is 237 Å². The van der Waals surface area contributed by atoms with Crippen molar-refractivity contribution in [3.63, 3.8) is 0 Å². The van der Waals surface area contributed by atoms with Gasteiger partial charge >= 0.3 is 39.5 Å². The number of rotatable bonds is 78. The zero-order valence-electron chi connectivity index (χ0n) is 65.0. The van der Waals surface area contributed by atoms with Gasteiger partial charge in [0, 0.05) is 25.7 Å². The average molecular weight is 1480 g/mol. The molecule has 5 atom stereocenters. The van der Waals surface area contributed by atoms with Crippen molar-refractivity contribution in [1.29, 1.82) is 0 Å². The Hall–Kier alpha value is -3.50. The van der Waals surface area contributed by atoms with E-state index in [9.17, 15) is 43.2 Å². The zero-order chi connectivity index (χ0) is 74.6. The highest BCUT2D eigenvalue weighted by Crippen LogP contribution is 2.45. The maximum Gasteiger partial charge on any atom is 0.472 e. The lowest BCUT2D eigenvalue weighted by Crippen LogP contribution is -2.30. The second kappa shape index (κ2) is 75.7. The summed E-state index contributed by atoms with van der Waals surface area (Å²) in [6, 6.07) is 0. The number of unbranched alkanes of at least 4 members (excludes halogenated alkanes) is 40. The molecule has 0 aliphatic carbocycles. The molecule has 0 spiro atoms. The van der Waals surface area contributed by atoms with Gasteiger partial charge in [-0.05, 0) is 96.3 Å². The second-order valence-electron chi connectivity index (χ2n) is 27.7. The molecule has 0 radical (unpaired) electrons. The number of ether oxygens (including phenoxy) is 4. The Balaban J connectivity index is 5.37. The number of aliphatic hydroxyl groups excluding tert-OH is 1. The van der Waals surface area contributed by atoms with E-state index in [1.165, 1.54) is 173 Å². The standard InChI is InChI=1S/C83H150O17P2/c1-5-9-13-17-21-25-29-33-36-38-41-44-48-52-56-60-64-68-81(86)94-74-79(99-82(87)69-65-61-57-53-49-45-40-35-31-27-23-19-15-11-7-3)76-98-102(91,92)96-72-77(84)71-95-101(89,90)97-75-78(73-93-80(85)67-63-59-55-51-47-43-32-28-24-20-16-12-8-4)100-83(88)70-66-62-58-54-50-46-42-39-37-34-30-26-22-18-14-10-6-2/h21,23,25,27,33,35-36,40-41,44,52,56,77-79,84H,5-20,22,24,26,28-32,34,37-39,42-43,45-51,53-55,57-76H2,1-4H3,(H,89,90)(H,91,92)/b25-21-,27-23-,36-33-,40-35-,44-41-,56-52-/t77-,78-,79-/m1/s1. The lowest BCUT2D eigenvalue weighted by atomic mass is 10.0. The molecule has 0 saturated heterocycles. The molecule has 0 aliphatic rings. The van der Waals surface area contributed by atoms with Crippen molar-refractivity contribution in [3.8, 4) is 0 Å². The van der Waals surface area contributed by atoms with Crippen molar-refractivity contribution in [2.75, 3.05) is 39.6 Å². The number of hydrogen-bond acceptors (Lipinski definition) is 15. The third kappa shape index (κ3) is 74.8. The third-order valence-corrected chi connectivity index (χ3v) is 19.6. The van der Waals surface area contributed by atoms with E-state index in [0.29, 0.717) is 32.1 Å². The summed E-state index contributed by atoms with van der Waals surface area (Å²) in [5.41, 5.74) is 0. The molecule has 17 nitrogen and oxygen atoms in total. The van der Waals surface area contributed by atoms with Gasteiger partial charge in [-0.3, -0.25) is 37.3 Å². The van der Waals surface area contributed by atoms with Gasteiger partial charge in [-0.1, -0.05) is 325 Å². The SMILES string of the molecule is CCCCC/C=C\C/C=C\C/C=C\C/C=C\CCCC(=O)OC[C@H](COP(=O)(O)OC[C@H](O)COP(=O)(O)OC[C@@H](COC(=O)CCCCCCCCCCCCCCC)OC(=O)CCCCCCCCCCCCCCCCCCC)OC(=O)CCCCCCC/C=C\C/C=C\CCCCC. The number of carbonyl (C=O) groups is 4. The fraction of sp³-hybridized carbons (Fsp3) is 0.807. The van der Waals surface area contributed by atoms with E-state index >= 15 is 0 Å². The first-order valence-electron chi connectivity index (χ1n) is 41.2. The first kappa shape index (κ1) is 98.5. The number of allylic oxidation sites excluding steroid dienone is 12. The molecule has 0 aromatic heterocycles. The summed E-state index contributed by atoms with van der Waals surface area (Å²) in [7, 11) is -9.96. The smallest absolute Gasteiger partial charge is 0.462 e. The number of phosphoric acid groups is 2. The van der Waals surface area contributed by atoms with Gasteiger partial charge in [0.15, 0.2) is 12.2 Å². The molecule has 594 valence electrons. The lowest BCUT2D eigenvalue weighted by Gasteiger charge is -2.21. The first-order chi connectivity index (χ1) is 49.7. The van der Waals surface area contributed by atoms with Crippen LogP contribution in [-0.2, 0) is 65.4 Å². The van der Waals surface area contributed by atoms with Crippen LogP contribution in [0.3, 0.4) is 0 Å². The summed E-state index contributed by atoms with van der Waals surface area (Å²) in [6.45, 7) is 4.82. The van der Waals surface area contributed by atoms with Crippen LogP contribution < -0.4 is 0 Å². The monoisotopic (exact) mass is 1480 g/mol. The van der Waals surface area contributed by atoms with E-state index in [4.69, 9.17) is 37.0 Å². The summed E-state index contributed by atoms with van der Waals surface area (Å²) in [6.07, 6.45) is 77.3. The van der Waals surface area contributed by atoms with Crippen molar-refractivity contribution in [3.05, 3.63) is 72.9 Å². The minimum absolute atomic E-state index is 0.0698. The number of esters is 4. The van der Waals surface area contributed by atoms with E-state index in [-0.39, 0.29) is 25.7 Å². The van der Waals surface area contributed by atoms with Crippen LogP contribution in [0.15, 0.2) is 72.9 Å². The molecule has 0 fully saturated rings. The van der Waals surface area contributed by atoms with Gasteiger partial charge in [0.25, 0.3) is 0 Å². The van der Waals surface area contributed by atoms with Crippen LogP contribution in [0.25, 0.3) is 0 Å². The highest BCUT2D eigenvalue weighted by Gasteiger charge is 2.30. The van der Waals surface area contributed by atoms with Crippen LogP contribution in [0.2, 0.25) is 0 Å². The molecular weight excluding hydrogens is 1330 g/mol. The van der Waals surface area contributed by atoms with Crippen LogP contribution in [0.1, 0.15) is 374 Å². The Morgan fingerprint density at radius 3 is 0.794 bits per heavy atom. The average Bonchev–Trinajstić information content (AvgIpc) is 0.951. The lowest BCUT2D eigenvalue weighted by molar-refractivity contribution is -0.161. The third-order valence-electron chi connectivity index (χ3n) is 17.7. The zero-order valence-corrected chi connectivity index (χ0v) is 66.8. The van der Waals surface area contributed by atoms with Crippen molar-refractivity contribution >= 4 is 39.5 Å². The van der Waals surface area contributed by atoms with Crippen molar-refractivity contribution < 1.29 is 80.2 Å². The van der Waals surface area contributed by atoms with Gasteiger partial charge < -0.3 is 33.8 Å². The highest BCUT2D eigenvalue weighted by atomic mass is 31.2. The number of aliphatic hydroxyl groups is 1. The Bertz CT molecular complexity index is 2210. The molecule has 0 rings (SSSR count). The van der Waals surface area contributed by atoms with Crippen LogP contribution >= 0.6 is 15.6 Å². The van der Waals surface area contributed by atoms with Crippen molar-refractivity contribution in [1.82, 2.24) is 0 Å². The number of carbonyl (C=O) groups excluding carboxylic acids is 4. The molecule has 0 amide bonds. The Morgan fingerprint density at radius 1 is 0.275 bits per heavy atom. The highest BCUT2D eigenvalue weighted by molar-refractivity contribution is 7.47. The quantitative estimate of drug-likeness (QED) is 0.0169. The van der Waals surface area contributed by atoms with Gasteiger partial charge in [-0.15, -0.1) is 0 Å². The normalized spacial score (nSPS) is 14.2. The molecule has 0 aromatic rings.